The van der Waals surface area contributed by atoms with E-state index in [2.05, 4.69) is 15.5 Å². The lowest BCUT2D eigenvalue weighted by molar-refractivity contribution is -0.139. The summed E-state index contributed by atoms with van der Waals surface area (Å²) in [7, 11) is 0. The predicted octanol–water partition coefficient (Wildman–Crippen LogP) is 2.14. The molecule has 1 spiro atoms. The second-order valence-corrected chi connectivity index (χ2v) is 8.23. The van der Waals surface area contributed by atoms with E-state index in [0.29, 0.717) is 31.6 Å². The summed E-state index contributed by atoms with van der Waals surface area (Å²) in [6.07, 6.45) is 5.86. The van der Waals surface area contributed by atoms with Crippen LogP contribution in [0.25, 0.3) is 0 Å². The number of amides is 2. The first-order valence-electron chi connectivity index (χ1n) is 9.36. The zero-order chi connectivity index (χ0) is 19.4. The van der Waals surface area contributed by atoms with Crippen LogP contribution in [0.2, 0.25) is 0 Å². The largest absolute Gasteiger partial charge is 0.386 e. The average Bonchev–Trinajstić information content (AvgIpc) is 3.37. The van der Waals surface area contributed by atoms with Crippen LogP contribution in [0.4, 0.5) is 0 Å². The van der Waals surface area contributed by atoms with Crippen LogP contribution in [0.5, 0.6) is 0 Å². The third kappa shape index (κ3) is 4.22. The van der Waals surface area contributed by atoms with E-state index in [9.17, 15) is 9.59 Å². The molecule has 0 unspecified atom stereocenters. The third-order valence-corrected chi connectivity index (χ3v) is 5.98. The van der Waals surface area contributed by atoms with Gasteiger partial charge in [0.2, 0.25) is 5.91 Å². The minimum Gasteiger partial charge on any atom is -0.386 e. The van der Waals surface area contributed by atoms with Crippen LogP contribution in [0.3, 0.4) is 0 Å². The number of likely N-dealkylation sites (tertiary alicyclic amines) is 1. The van der Waals surface area contributed by atoms with Gasteiger partial charge in [0.25, 0.3) is 5.91 Å². The number of pyridine rings is 1. The first-order valence-corrected chi connectivity index (χ1v) is 10.2. The van der Waals surface area contributed by atoms with Gasteiger partial charge < -0.3 is 15.1 Å². The number of carbonyl (C=O) groups excluding carboxylic acids is 2. The van der Waals surface area contributed by atoms with E-state index in [4.69, 9.17) is 4.84 Å². The van der Waals surface area contributed by atoms with Crippen LogP contribution >= 0.6 is 11.3 Å². The van der Waals surface area contributed by atoms with Crippen LogP contribution in [-0.4, -0.2) is 46.1 Å². The minimum absolute atomic E-state index is 0.0979. The van der Waals surface area contributed by atoms with Gasteiger partial charge in [-0.3, -0.25) is 14.6 Å². The van der Waals surface area contributed by atoms with Crippen molar-refractivity contribution in [3.8, 4) is 0 Å². The molecule has 1 atom stereocenters. The number of hydrogen-bond acceptors (Lipinski definition) is 6. The Morgan fingerprint density at radius 1 is 1.29 bits per heavy atom. The summed E-state index contributed by atoms with van der Waals surface area (Å²) in [6.45, 7) is 1.61. The fourth-order valence-corrected chi connectivity index (χ4v) is 4.33. The molecule has 28 heavy (non-hydrogen) atoms. The smallest absolute Gasteiger partial charge is 0.269 e. The maximum atomic E-state index is 12.6. The number of carbonyl (C=O) groups is 2. The van der Waals surface area contributed by atoms with Crippen molar-refractivity contribution in [2.45, 2.75) is 37.8 Å². The predicted molar refractivity (Wildman–Crippen MR) is 106 cm³/mol. The molecule has 7 nitrogen and oxygen atoms in total. The zero-order valence-electron chi connectivity index (χ0n) is 15.5. The maximum Gasteiger partial charge on any atom is 0.269 e. The molecule has 146 valence electrons. The SMILES string of the molecule is O=C(NCc1ccncc1)C1=NO[C@]2(CCCN(C(=O)Cc3cccs3)C2)C1. The Morgan fingerprint density at radius 3 is 2.93 bits per heavy atom. The normalized spacial score (nSPS) is 21.3. The molecule has 0 saturated carbocycles. The highest BCUT2D eigenvalue weighted by Crippen LogP contribution is 2.33. The number of nitrogens with one attached hydrogen (secondary N) is 1. The molecule has 1 saturated heterocycles. The van der Waals surface area contributed by atoms with Crippen molar-refractivity contribution in [2.75, 3.05) is 13.1 Å². The van der Waals surface area contributed by atoms with Crippen LogP contribution < -0.4 is 5.32 Å². The fraction of sp³-hybridized carbons (Fsp3) is 0.400. The maximum absolute atomic E-state index is 12.6. The van der Waals surface area contributed by atoms with Crippen molar-refractivity contribution < 1.29 is 14.4 Å². The average molecular weight is 398 g/mol. The molecular weight excluding hydrogens is 376 g/mol. The first kappa shape index (κ1) is 18.6. The Bertz CT molecular complexity index is 869. The van der Waals surface area contributed by atoms with E-state index in [1.165, 1.54) is 0 Å². The highest BCUT2D eigenvalue weighted by Gasteiger charge is 2.45. The van der Waals surface area contributed by atoms with Gasteiger partial charge in [0, 0.05) is 36.8 Å². The van der Waals surface area contributed by atoms with Crippen molar-refractivity contribution in [1.82, 2.24) is 15.2 Å². The summed E-state index contributed by atoms with van der Waals surface area (Å²) in [5.41, 5.74) is 0.786. The van der Waals surface area contributed by atoms with Crippen molar-refractivity contribution in [3.05, 3.63) is 52.5 Å². The van der Waals surface area contributed by atoms with Crippen molar-refractivity contribution in [3.63, 3.8) is 0 Å². The molecule has 2 amide bonds. The lowest BCUT2D eigenvalue weighted by atomic mass is 9.88. The molecule has 0 aliphatic carbocycles. The van der Waals surface area contributed by atoms with E-state index in [-0.39, 0.29) is 11.8 Å². The molecule has 4 heterocycles. The standard InChI is InChI=1S/C20H22N4O3S/c25-18(11-16-3-1-10-28-16)24-9-2-6-20(14-24)12-17(23-27-20)19(26)22-13-15-4-7-21-8-5-15/h1,3-5,7-8,10H,2,6,9,11-14H2,(H,22,26)/t20-/m1/s1. The van der Waals surface area contributed by atoms with Crippen LogP contribution in [0.15, 0.2) is 47.2 Å². The monoisotopic (exact) mass is 398 g/mol. The van der Waals surface area contributed by atoms with Crippen LogP contribution in [0.1, 0.15) is 29.7 Å². The summed E-state index contributed by atoms with van der Waals surface area (Å²) in [5.74, 6) is -0.128. The Hall–Kier alpha value is -2.74. The number of rotatable bonds is 5. The van der Waals surface area contributed by atoms with Gasteiger partial charge >= 0.3 is 0 Å². The lowest BCUT2D eigenvalue weighted by Crippen LogP contribution is -2.51. The summed E-state index contributed by atoms with van der Waals surface area (Å²) in [6, 6.07) is 7.64. The highest BCUT2D eigenvalue weighted by atomic mass is 32.1. The Labute approximate surface area is 167 Å². The highest BCUT2D eigenvalue weighted by molar-refractivity contribution is 7.10. The molecule has 2 aromatic rings. The van der Waals surface area contributed by atoms with Gasteiger partial charge in [0.1, 0.15) is 5.71 Å². The molecule has 2 aliphatic rings. The van der Waals surface area contributed by atoms with E-state index in [1.807, 2.05) is 34.5 Å². The van der Waals surface area contributed by atoms with Crippen LogP contribution in [0, 0.1) is 0 Å². The quantitative estimate of drug-likeness (QED) is 0.836. The molecule has 2 aliphatic heterocycles. The molecule has 0 radical (unpaired) electrons. The molecule has 1 N–H and O–H groups in total. The lowest BCUT2D eigenvalue weighted by Gasteiger charge is -2.38. The minimum atomic E-state index is -0.577. The van der Waals surface area contributed by atoms with Gasteiger partial charge in [0.15, 0.2) is 5.60 Å². The van der Waals surface area contributed by atoms with Crippen molar-refractivity contribution in [1.29, 1.82) is 0 Å². The van der Waals surface area contributed by atoms with Gasteiger partial charge in [-0.05, 0) is 42.0 Å². The Balaban J connectivity index is 1.32. The fourth-order valence-electron chi connectivity index (χ4n) is 3.63. The topological polar surface area (TPSA) is 83.9 Å². The molecule has 2 aromatic heterocycles. The number of nitrogens with zero attached hydrogens (tertiary/aromatic N) is 3. The van der Waals surface area contributed by atoms with E-state index >= 15 is 0 Å². The summed E-state index contributed by atoms with van der Waals surface area (Å²) < 4.78 is 0. The molecule has 0 bridgehead atoms. The van der Waals surface area contributed by atoms with Gasteiger partial charge in [-0.15, -0.1) is 11.3 Å². The number of piperidine rings is 1. The Kier molecular flexibility index (Phi) is 5.38. The summed E-state index contributed by atoms with van der Waals surface area (Å²) in [5, 5.41) is 8.90. The van der Waals surface area contributed by atoms with E-state index in [0.717, 1.165) is 29.8 Å². The second-order valence-electron chi connectivity index (χ2n) is 7.20. The summed E-state index contributed by atoms with van der Waals surface area (Å²) in [4.78, 5) is 37.7. The van der Waals surface area contributed by atoms with Crippen LogP contribution in [-0.2, 0) is 27.4 Å². The van der Waals surface area contributed by atoms with Gasteiger partial charge in [-0.2, -0.15) is 0 Å². The molecule has 8 heteroatoms. The van der Waals surface area contributed by atoms with E-state index in [1.54, 1.807) is 23.7 Å². The van der Waals surface area contributed by atoms with Crippen molar-refractivity contribution in [2.24, 2.45) is 5.16 Å². The van der Waals surface area contributed by atoms with Gasteiger partial charge in [0.05, 0.1) is 13.0 Å². The molecule has 1 fully saturated rings. The van der Waals surface area contributed by atoms with Gasteiger partial charge in [-0.1, -0.05) is 11.2 Å². The molecule has 4 rings (SSSR count). The Morgan fingerprint density at radius 2 is 2.14 bits per heavy atom. The number of oxime groups is 1. The first-order chi connectivity index (χ1) is 13.6. The van der Waals surface area contributed by atoms with Gasteiger partial charge in [-0.25, -0.2) is 0 Å². The molecular formula is C20H22N4O3S. The number of aromatic nitrogens is 1. The number of hydrogen-bond donors (Lipinski definition) is 1. The summed E-state index contributed by atoms with van der Waals surface area (Å²) >= 11 is 1.59. The van der Waals surface area contributed by atoms with Crippen molar-refractivity contribution >= 4 is 28.9 Å². The third-order valence-electron chi connectivity index (χ3n) is 5.10. The van der Waals surface area contributed by atoms with E-state index < -0.39 is 5.60 Å². The zero-order valence-corrected chi connectivity index (χ0v) is 16.3. The number of thiophene rings is 1. The second kappa shape index (κ2) is 8.10. The molecule has 0 aromatic carbocycles.